The second-order valence-electron chi connectivity index (χ2n) is 5.42. The van der Waals surface area contributed by atoms with Gasteiger partial charge in [0.2, 0.25) is 0 Å². The third-order valence-corrected chi connectivity index (χ3v) is 6.66. The summed E-state index contributed by atoms with van der Waals surface area (Å²) in [5.74, 6) is 0.316. The van der Waals surface area contributed by atoms with Crippen LogP contribution in [-0.4, -0.2) is 57.6 Å². The summed E-state index contributed by atoms with van der Waals surface area (Å²) in [6.07, 6.45) is 0.847. The number of hydrogen-bond acceptors (Lipinski definition) is 5. The summed E-state index contributed by atoms with van der Waals surface area (Å²) < 4.78 is 28.3. The number of hydrogen-bond donors (Lipinski definition) is 1. The molecule has 124 valence electrons. The third kappa shape index (κ3) is 4.44. The van der Waals surface area contributed by atoms with Gasteiger partial charge in [0, 0.05) is 25.1 Å². The molecule has 1 aromatic rings. The van der Waals surface area contributed by atoms with E-state index in [1.807, 2.05) is 17.5 Å². The molecule has 0 bridgehead atoms. The normalized spacial score (nSPS) is 19.5. The van der Waals surface area contributed by atoms with Gasteiger partial charge in [0.1, 0.15) is 15.9 Å². The molecular formula is C14H22N2O4S2. The van der Waals surface area contributed by atoms with Crippen LogP contribution in [0.4, 0.5) is 4.79 Å². The highest BCUT2D eigenvalue weighted by atomic mass is 32.2. The fourth-order valence-electron chi connectivity index (χ4n) is 2.51. The summed E-state index contributed by atoms with van der Waals surface area (Å²) in [5.41, 5.74) is 0. The van der Waals surface area contributed by atoms with E-state index in [4.69, 9.17) is 4.74 Å². The Morgan fingerprint density at radius 1 is 1.50 bits per heavy atom. The predicted molar refractivity (Wildman–Crippen MR) is 86.9 cm³/mol. The average molecular weight is 346 g/mol. The summed E-state index contributed by atoms with van der Waals surface area (Å²) in [7, 11) is 0.419. The molecule has 2 amide bonds. The lowest BCUT2D eigenvalue weighted by Gasteiger charge is -2.31. The number of nitrogens with zero attached hydrogens (tertiary/aromatic N) is 1. The van der Waals surface area contributed by atoms with E-state index in [-0.39, 0.29) is 29.7 Å². The van der Waals surface area contributed by atoms with Gasteiger partial charge in [0.15, 0.2) is 0 Å². The Morgan fingerprint density at radius 2 is 2.18 bits per heavy atom. The Bertz CT molecular complexity index is 572. The number of carbonyl (C=O) groups excluding carboxylic acids is 1. The van der Waals surface area contributed by atoms with Crippen LogP contribution in [0.15, 0.2) is 17.5 Å². The van der Waals surface area contributed by atoms with Crippen molar-refractivity contribution in [2.45, 2.75) is 25.0 Å². The molecule has 0 radical (unpaired) electrons. The SMILES string of the molecule is CO[C@H](CNC(=O)N(C)C1CCS(=O)(=O)CC1)c1cccs1. The van der Waals surface area contributed by atoms with Gasteiger partial charge in [0.25, 0.3) is 0 Å². The minimum Gasteiger partial charge on any atom is -0.374 e. The Labute approximate surface area is 135 Å². The van der Waals surface area contributed by atoms with E-state index in [0.717, 1.165) is 4.88 Å². The van der Waals surface area contributed by atoms with Crippen LogP contribution in [0.5, 0.6) is 0 Å². The maximum atomic E-state index is 12.2. The van der Waals surface area contributed by atoms with Crippen molar-refractivity contribution in [3.8, 4) is 0 Å². The smallest absolute Gasteiger partial charge is 0.317 e. The average Bonchev–Trinajstić information content (AvgIpc) is 3.01. The number of urea groups is 1. The second kappa shape index (κ2) is 7.43. The van der Waals surface area contributed by atoms with Crippen molar-refractivity contribution in [1.29, 1.82) is 0 Å². The molecule has 1 aliphatic heterocycles. The lowest BCUT2D eigenvalue weighted by Crippen LogP contribution is -2.47. The molecule has 1 N–H and O–H groups in total. The molecule has 6 nitrogen and oxygen atoms in total. The lowest BCUT2D eigenvalue weighted by molar-refractivity contribution is 0.103. The lowest BCUT2D eigenvalue weighted by atomic mass is 10.1. The van der Waals surface area contributed by atoms with Crippen LogP contribution >= 0.6 is 11.3 Å². The summed E-state index contributed by atoms with van der Waals surface area (Å²) in [4.78, 5) is 14.9. The maximum Gasteiger partial charge on any atom is 0.317 e. The number of thiophene rings is 1. The zero-order valence-corrected chi connectivity index (χ0v) is 14.5. The van der Waals surface area contributed by atoms with Gasteiger partial charge in [-0.05, 0) is 24.3 Å². The van der Waals surface area contributed by atoms with Gasteiger partial charge in [-0.15, -0.1) is 11.3 Å². The van der Waals surface area contributed by atoms with Gasteiger partial charge < -0.3 is 15.0 Å². The van der Waals surface area contributed by atoms with Crippen molar-refractivity contribution in [1.82, 2.24) is 10.2 Å². The highest BCUT2D eigenvalue weighted by Gasteiger charge is 2.28. The van der Waals surface area contributed by atoms with Crippen LogP contribution < -0.4 is 5.32 Å². The van der Waals surface area contributed by atoms with Gasteiger partial charge in [-0.1, -0.05) is 6.07 Å². The van der Waals surface area contributed by atoms with Gasteiger partial charge >= 0.3 is 6.03 Å². The fraction of sp³-hybridized carbons (Fsp3) is 0.643. The third-order valence-electron chi connectivity index (χ3n) is 3.98. The number of methoxy groups -OCH3 is 1. The van der Waals surface area contributed by atoms with E-state index >= 15 is 0 Å². The quantitative estimate of drug-likeness (QED) is 0.880. The van der Waals surface area contributed by atoms with Crippen LogP contribution in [-0.2, 0) is 14.6 Å². The summed E-state index contributed by atoms with van der Waals surface area (Å²) >= 11 is 1.59. The van der Waals surface area contributed by atoms with Gasteiger partial charge in [-0.2, -0.15) is 0 Å². The standard InChI is InChI=1S/C14H22N2O4S2/c1-16(11-5-8-22(18,19)9-6-11)14(17)15-10-12(20-2)13-4-3-7-21-13/h3-4,7,11-12H,5-6,8-10H2,1-2H3,(H,15,17)/t12-/m1/s1. The van der Waals surface area contributed by atoms with Crippen molar-refractivity contribution < 1.29 is 17.9 Å². The Morgan fingerprint density at radius 3 is 2.73 bits per heavy atom. The first kappa shape index (κ1) is 17.2. The van der Waals surface area contributed by atoms with Gasteiger partial charge in [0.05, 0.1) is 18.1 Å². The minimum absolute atomic E-state index is 0.0220. The van der Waals surface area contributed by atoms with E-state index in [1.165, 1.54) is 0 Å². The molecular weight excluding hydrogens is 324 g/mol. The first-order chi connectivity index (χ1) is 10.4. The number of nitrogens with one attached hydrogen (secondary N) is 1. The van der Waals surface area contributed by atoms with Crippen LogP contribution in [0.1, 0.15) is 23.8 Å². The molecule has 22 heavy (non-hydrogen) atoms. The molecule has 2 rings (SSSR count). The zero-order chi connectivity index (χ0) is 16.2. The van der Waals surface area contributed by atoms with Crippen molar-refractivity contribution in [3.05, 3.63) is 22.4 Å². The fourth-order valence-corrected chi connectivity index (χ4v) is 4.78. The summed E-state index contributed by atoms with van der Waals surface area (Å²) in [6, 6.07) is 3.71. The maximum absolute atomic E-state index is 12.2. The molecule has 0 aromatic carbocycles. The summed E-state index contributed by atoms with van der Waals surface area (Å²) in [6.45, 7) is 0.394. The largest absolute Gasteiger partial charge is 0.374 e. The van der Waals surface area contributed by atoms with Crippen LogP contribution in [0.3, 0.4) is 0 Å². The van der Waals surface area contributed by atoms with Crippen molar-refractivity contribution in [2.24, 2.45) is 0 Å². The Kier molecular flexibility index (Phi) is 5.82. The molecule has 8 heteroatoms. The monoisotopic (exact) mass is 346 g/mol. The molecule has 2 heterocycles. The number of ether oxygens (including phenoxy) is 1. The van der Waals surface area contributed by atoms with E-state index in [9.17, 15) is 13.2 Å². The summed E-state index contributed by atoms with van der Waals surface area (Å²) in [5, 5.41) is 4.83. The predicted octanol–water partition coefficient (Wildman–Crippen LogP) is 1.65. The molecule has 0 saturated carbocycles. The second-order valence-corrected chi connectivity index (χ2v) is 8.70. The van der Waals surface area contributed by atoms with Gasteiger partial charge in [-0.3, -0.25) is 0 Å². The first-order valence-corrected chi connectivity index (χ1v) is 9.90. The van der Waals surface area contributed by atoms with Crippen molar-refractivity contribution >= 4 is 27.2 Å². The van der Waals surface area contributed by atoms with Crippen molar-refractivity contribution in [2.75, 3.05) is 32.2 Å². The van der Waals surface area contributed by atoms with Crippen molar-refractivity contribution in [3.63, 3.8) is 0 Å². The van der Waals surface area contributed by atoms with Crippen LogP contribution in [0.25, 0.3) is 0 Å². The number of rotatable bonds is 5. The van der Waals surface area contributed by atoms with Gasteiger partial charge in [-0.25, -0.2) is 13.2 Å². The number of sulfone groups is 1. The first-order valence-electron chi connectivity index (χ1n) is 7.20. The van der Waals surface area contributed by atoms with Crippen LogP contribution in [0, 0.1) is 0 Å². The van der Waals surface area contributed by atoms with Crippen LogP contribution in [0.2, 0.25) is 0 Å². The highest BCUT2D eigenvalue weighted by molar-refractivity contribution is 7.91. The molecule has 0 aliphatic carbocycles. The zero-order valence-electron chi connectivity index (χ0n) is 12.8. The minimum atomic E-state index is -2.91. The Balaban J connectivity index is 1.84. The topological polar surface area (TPSA) is 75.7 Å². The molecule has 1 aliphatic rings. The Hall–Kier alpha value is -1.12. The number of amides is 2. The number of carbonyl (C=O) groups is 1. The highest BCUT2D eigenvalue weighted by Crippen LogP contribution is 2.21. The van der Waals surface area contributed by atoms with E-state index < -0.39 is 9.84 Å². The molecule has 1 saturated heterocycles. The molecule has 0 spiro atoms. The van der Waals surface area contributed by atoms with E-state index in [2.05, 4.69) is 5.32 Å². The van der Waals surface area contributed by atoms with E-state index in [1.54, 1.807) is 30.4 Å². The molecule has 1 fully saturated rings. The molecule has 0 unspecified atom stereocenters. The molecule has 1 aromatic heterocycles. The van der Waals surface area contributed by atoms with E-state index in [0.29, 0.717) is 19.4 Å². The molecule has 1 atom stereocenters.